The Bertz CT molecular complexity index is 809. The van der Waals surface area contributed by atoms with Crippen LogP contribution in [0.3, 0.4) is 0 Å². The summed E-state index contributed by atoms with van der Waals surface area (Å²) in [5.41, 5.74) is 3.69. The molecule has 0 atom stereocenters. The highest BCUT2D eigenvalue weighted by molar-refractivity contribution is 6.16. The molecule has 0 spiro atoms. The number of hydrogen-bond acceptors (Lipinski definition) is 1. The summed E-state index contributed by atoms with van der Waals surface area (Å²) in [5, 5.41) is 0.991. The molecule has 0 amide bonds. The van der Waals surface area contributed by atoms with Gasteiger partial charge in [-0.15, -0.1) is 6.58 Å². The van der Waals surface area contributed by atoms with Crippen LogP contribution in [0.1, 0.15) is 21.5 Å². The van der Waals surface area contributed by atoms with E-state index in [1.165, 1.54) is 0 Å². The van der Waals surface area contributed by atoms with Crippen molar-refractivity contribution < 1.29 is 4.79 Å². The first-order valence-corrected chi connectivity index (χ1v) is 7.01. The lowest BCUT2D eigenvalue weighted by atomic mass is 10.0. The highest BCUT2D eigenvalue weighted by Crippen LogP contribution is 2.24. The van der Waals surface area contributed by atoms with E-state index in [-0.39, 0.29) is 5.78 Å². The van der Waals surface area contributed by atoms with E-state index in [4.69, 9.17) is 0 Å². The van der Waals surface area contributed by atoms with Gasteiger partial charge in [0.1, 0.15) is 0 Å². The number of allylic oxidation sites excluding steroid dienone is 1. The monoisotopic (exact) mass is 275 g/mol. The number of rotatable bonds is 4. The van der Waals surface area contributed by atoms with Crippen molar-refractivity contribution in [2.45, 2.75) is 13.5 Å². The van der Waals surface area contributed by atoms with Gasteiger partial charge in [-0.1, -0.05) is 54.1 Å². The lowest BCUT2D eigenvalue weighted by Gasteiger charge is -2.00. The smallest absolute Gasteiger partial charge is 0.195 e. The predicted octanol–water partition coefficient (Wildman–Crippen LogP) is 4.37. The Morgan fingerprint density at radius 2 is 1.86 bits per heavy atom. The molecule has 0 saturated heterocycles. The highest BCUT2D eigenvalue weighted by atomic mass is 16.1. The van der Waals surface area contributed by atoms with Crippen molar-refractivity contribution in [1.29, 1.82) is 0 Å². The molecule has 2 heteroatoms. The molecule has 1 heterocycles. The molecule has 0 unspecified atom stereocenters. The summed E-state index contributed by atoms with van der Waals surface area (Å²) in [5.74, 6) is 0.0639. The predicted molar refractivity (Wildman–Crippen MR) is 86.7 cm³/mol. The Labute approximate surface area is 124 Å². The van der Waals surface area contributed by atoms with Crippen molar-refractivity contribution >= 4 is 16.7 Å². The Morgan fingerprint density at radius 3 is 2.57 bits per heavy atom. The summed E-state index contributed by atoms with van der Waals surface area (Å²) in [4.78, 5) is 12.8. The molecule has 0 aliphatic carbocycles. The second kappa shape index (κ2) is 5.41. The summed E-state index contributed by atoms with van der Waals surface area (Å²) in [6.07, 6.45) is 3.76. The van der Waals surface area contributed by atoms with Gasteiger partial charge in [0, 0.05) is 34.8 Å². The standard InChI is InChI=1S/C19H17NO/c1-3-12-20-13-17(16-6-4-5-7-18(16)20)19(21)15-10-8-14(2)9-11-15/h3-11,13H,1,12H2,2H3. The van der Waals surface area contributed by atoms with Gasteiger partial charge in [-0.3, -0.25) is 4.79 Å². The van der Waals surface area contributed by atoms with Gasteiger partial charge in [0.25, 0.3) is 0 Å². The zero-order valence-corrected chi connectivity index (χ0v) is 12.0. The van der Waals surface area contributed by atoms with Crippen LogP contribution in [0.25, 0.3) is 10.9 Å². The normalized spacial score (nSPS) is 10.7. The van der Waals surface area contributed by atoms with Crippen LogP contribution < -0.4 is 0 Å². The first-order valence-electron chi connectivity index (χ1n) is 7.01. The van der Waals surface area contributed by atoms with E-state index in [2.05, 4.69) is 11.1 Å². The van der Waals surface area contributed by atoms with E-state index in [9.17, 15) is 4.79 Å². The molecule has 21 heavy (non-hydrogen) atoms. The third kappa shape index (κ3) is 2.40. The number of aromatic nitrogens is 1. The zero-order chi connectivity index (χ0) is 14.8. The van der Waals surface area contributed by atoms with Gasteiger partial charge in [-0.05, 0) is 13.0 Å². The molecule has 3 rings (SSSR count). The average molecular weight is 275 g/mol. The second-order valence-corrected chi connectivity index (χ2v) is 5.20. The molecule has 0 N–H and O–H groups in total. The van der Waals surface area contributed by atoms with Gasteiger partial charge in [-0.2, -0.15) is 0 Å². The summed E-state index contributed by atoms with van der Waals surface area (Å²) in [6.45, 7) is 6.49. The van der Waals surface area contributed by atoms with Crippen LogP contribution in [0, 0.1) is 6.92 Å². The molecule has 0 bridgehead atoms. The highest BCUT2D eigenvalue weighted by Gasteiger charge is 2.15. The number of nitrogens with zero attached hydrogens (tertiary/aromatic N) is 1. The van der Waals surface area contributed by atoms with E-state index in [0.29, 0.717) is 6.54 Å². The number of aryl methyl sites for hydroxylation is 1. The molecule has 0 aliphatic heterocycles. The second-order valence-electron chi connectivity index (χ2n) is 5.20. The maximum Gasteiger partial charge on any atom is 0.195 e. The average Bonchev–Trinajstić information content (AvgIpc) is 2.87. The molecular formula is C19H17NO. The molecule has 0 radical (unpaired) electrons. The van der Waals surface area contributed by atoms with Crippen molar-refractivity contribution in [3.05, 3.63) is 84.1 Å². The fourth-order valence-corrected chi connectivity index (χ4v) is 2.58. The molecule has 3 aromatic rings. The van der Waals surface area contributed by atoms with E-state index >= 15 is 0 Å². The first kappa shape index (κ1) is 13.4. The lowest BCUT2D eigenvalue weighted by Crippen LogP contribution is -2.00. The SMILES string of the molecule is C=CCn1cc(C(=O)c2ccc(C)cc2)c2ccccc21. The van der Waals surface area contributed by atoms with E-state index < -0.39 is 0 Å². The minimum Gasteiger partial charge on any atom is -0.343 e. The lowest BCUT2D eigenvalue weighted by molar-refractivity contribution is 0.104. The molecule has 0 saturated carbocycles. The Balaban J connectivity index is 2.13. The van der Waals surface area contributed by atoms with E-state index in [0.717, 1.165) is 27.6 Å². The maximum atomic E-state index is 12.8. The molecule has 104 valence electrons. The van der Waals surface area contributed by atoms with Crippen LogP contribution in [-0.4, -0.2) is 10.4 Å². The number of fused-ring (bicyclic) bond motifs is 1. The molecular weight excluding hydrogens is 258 g/mol. The summed E-state index contributed by atoms with van der Waals surface area (Å²) in [7, 11) is 0. The summed E-state index contributed by atoms with van der Waals surface area (Å²) < 4.78 is 2.06. The van der Waals surface area contributed by atoms with Gasteiger partial charge in [0.15, 0.2) is 5.78 Å². The number of carbonyl (C=O) groups is 1. The largest absolute Gasteiger partial charge is 0.343 e. The summed E-state index contributed by atoms with van der Waals surface area (Å²) in [6, 6.07) is 15.7. The van der Waals surface area contributed by atoms with Crippen molar-refractivity contribution in [3.8, 4) is 0 Å². The molecule has 0 fully saturated rings. The van der Waals surface area contributed by atoms with Gasteiger partial charge >= 0.3 is 0 Å². The van der Waals surface area contributed by atoms with Gasteiger partial charge < -0.3 is 4.57 Å². The third-order valence-electron chi connectivity index (χ3n) is 3.67. The topological polar surface area (TPSA) is 22.0 Å². The fraction of sp³-hybridized carbons (Fsp3) is 0.105. The number of para-hydroxylation sites is 1. The van der Waals surface area contributed by atoms with Crippen LogP contribution in [0.2, 0.25) is 0 Å². The first-order chi connectivity index (χ1) is 10.2. The van der Waals surface area contributed by atoms with Crippen LogP contribution in [-0.2, 0) is 6.54 Å². The zero-order valence-electron chi connectivity index (χ0n) is 12.0. The van der Waals surface area contributed by atoms with Crippen molar-refractivity contribution in [1.82, 2.24) is 4.57 Å². The molecule has 1 aromatic heterocycles. The minimum atomic E-state index is 0.0639. The van der Waals surface area contributed by atoms with Crippen molar-refractivity contribution in [2.75, 3.05) is 0 Å². The molecule has 0 aliphatic rings. The molecule has 2 aromatic carbocycles. The third-order valence-corrected chi connectivity index (χ3v) is 3.67. The van der Waals surface area contributed by atoms with Crippen molar-refractivity contribution in [2.24, 2.45) is 0 Å². The van der Waals surface area contributed by atoms with Crippen LogP contribution in [0.5, 0.6) is 0 Å². The number of ketones is 1. The van der Waals surface area contributed by atoms with Crippen LogP contribution in [0.15, 0.2) is 67.4 Å². The fourth-order valence-electron chi connectivity index (χ4n) is 2.58. The number of hydrogen-bond donors (Lipinski definition) is 0. The van der Waals surface area contributed by atoms with E-state index in [1.807, 2.05) is 67.7 Å². The Kier molecular flexibility index (Phi) is 3.44. The van der Waals surface area contributed by atoms with Crippen LogP contribution in [0.4, 0.5) is 0 Å². The quantitative estimate of drug-likeness (QED) is 0.512. The summed E-state index contributed by atoms with van der Waals surface area (Å²) >= 11 is 0. The van der Waals surface area contributed by atoms with Gasteiger partial charge in [0.2, 0.25) is 0 Å². The van der Waals surface area contributed by atoms with Gasteiger partial charge in [-0.25, -0.2) is 0 Å². The number of benzene rings is 2. The Hall–Kier alpha value is -2.61. The van der Waals surface area contributed by atoms with Crippen LogP contribution >= 0.6 is 0 Å². The molecule has 2 nitrogen and oxygen atoms in total. The Morgan fingerprint density at radius 1 is 1.14 bits per heavy atom. The van der Waals surface area contributed by atoms with Crippen molar-refractivity contribution in [3.63, 3.8) is 0 Å². The van der Waals surface area contributed by atoms with Gasteiger partial charge in [0.05, 0.1) is 0 Å². The maximum absolute atomic E-state index is 12.8. The number of carbonyl (C=O) groups excluding carboxylic acids is 1. The minimum absolute atomic E-state index is 0.0639. The van der Waals surface area contributed by atoms with E-state index in [1.54, 1.807) is 0 Å².